The molecule has 0 bridgehead atoms. The van der Waals surface area contributed by atoms with Gasteiger partial charge in [0, 0.05) is 30.0 Å². The highest BCUT2D eigenvalue weighted by molar-refractivity contribution is 6.05. The lowest BCUT2D eigenvalue weighted by atomic mass is 10.1. The van der Waals surface area contributed by atoms with Crippen molar-refractivity contribution in [3.8, 4) is 0 Å². The fourth-order valence-corrected chi connectivity index (χ4v) is 2.90. The summed E-state index contributed by atoms with van der Waals surface area (Å²) in [4.78, 5) is 35.9. The molecule has 0 aromatic heterocycles. The number of amides is 2. The van der Waals surface area contributed by atoms with E-state index < -0.39 is 5.97 Å². The molecule has 7 heteroatoms. The van der Waals surface area contributed by atoms with Gasteiger partial charge in [0.2, 0.25) is 0 Å². The van der Waals surface area contributed by atoms with Crippen molar-refractivity contribution in [1.82, 2.24) is 5.32 Å². The second-order valence-electron chi connectivity index (χ2n) is 6.45. The predicted octanol–water partition coefficient (Wildman–Crippen LogP) is 2.63. The van der Waals surface area contributed by atoms with Crippen molar-refractivity contribution in [3.05, 3.63) is 65.2 Å². The summed E-state index contributed by atoms with van der Waals surface area (Å²) in [6.07, 6.45) is 2.08. The summed E-state index contributed by atoms with van der Waals surface area (Å²) >= 11 is 0. The topological polar surface area (TPSA) is 93.7 Å². The Morgan fingerprint density at radius 3 is 2.18 bits per heavy atom. The largest absolute Gasteiger partial charge is 0.465 e. The number of hydrogen-bond acceptors (Lipinski definition) is 5. The van der Waals surface area contributed by atoms with Crippen LogP contribution in [0.1, 0.15) is 43.9 Å². The Hall–Kier alpha value is -3.19. The molecule has 146 valence electrons. The molecule has 1 aliphatic heterocycles. The van der Waals surface area contributed by atoms with Crippen molar-refractivity contribution in [2.75, 3.05) is 25.6 Å². The third-order valence-electron chi connectivity index (χ3n) is 4.49. The van der Waals surface area contributed by atoms with Gasteiger partial charge in [-0.25, -0.2) is 4.79 Å². The van der Waals surface area contributed by atoms with Gasteiger partial charge in [0.05, 0.1) is 18.8 Å². The van der Waals surface area contributed by atoms with E-state index in [1.54, 1.807) is 36.4 Å². The minimum Gasteiger partial charge on any atom is -0.465 e. The van der Waals surface area contributed by atoms with Crippen molar-refractivity contribution < 1.29 is 23.9 Å². The van der Waals surface area contributed by atoms with Gasteiger partial charge in [-0.3, -0.25) is 9.59 Å². The van der Waals surface area contributed by atoms with Gasteiger partial charge < -0.3 is 20.1 Å². The second kappa shape index (κ2) is 9.14. The van der Waals surface area contributed by atoms with Crippen molar-refractivity contribution in [1.29, 1.82) is 0 Å². The van der Waals surface area contributed by atoms with E-state index in [1.165, 1.54) is 19.2 Å². The molecule has 0 radical (unpaired) electrons. The van der Waals surface area contributed by atoms with E-state index >= 15 is 0 Å². The van der Waals surface area contributed by atoms with E-state index in [1.807, 2.05) is 0 Å². The summed E-state index contributed by atoms with van der Waals surface area (Å²) in [5, 5.41) is 5.61. The first-order chi connectivity index (χ1) is 13.6. The summed E-state index contributed by atoms with van der Waals surface area (Å²) in [7, 11) is 1.30. The van der Waals surface area contributed by atoms with Crippen LogP contribution in [0.25, 0.3) is 0 Å². The Kier molecular flexibility index (Phi) is 6.39. The Balaban J connectivity index is 1.55. The van der Waals surface area contributed by atoms with Crippen LogP contribution < -0.4 is 10.6 Å². The third kappa shape index (κ3) is 4.95. The number of anilines is 1. The molecule has 1 heterocycles. The number of rotatable bonds is 6. The van der Waals surface area contributed by atoms with Gasteiger partial charge in [-0.2, -0.15) is 0 Å². The van der Waals surface area contributed by atoms with Gasteiger partial charge in [-0.05, 0) is 61.4 Å². The van der Waals surface area contributed by atoms with Crippen LogP contribution in [-0.4, -0.2) is 44.1 Å². The lowest BCUT2D eigenvalue weighted by molar-refractivity contribution is 0.0600. The summed E-state index contributed by atoms with van der Waals surface area (Å²) in [5.41, 5.74) is 1.86. The molecule has 1 aliphatic rings. The predicted molar refractivity (Wildman–Crippen MR) is 103 cm³/mol. The van der Waals surface area contributed by atoms with Gasteiger partial charge in [0.25, 0.3) is 11.8 Å². The monoisotopic (exact) mass is 382 g/mol. The van der Waals surface area contributed by atoms with E-state index in [0.29, 0.717) is 28.9 Å². The standard InChI is InChI=1S/C21H22N2O5/c1-27-21(26)16-6-4-15(5-7-16)20(25)23-17-10-8-14(9-11-17)19(24)22-13-18-3-2-12-28-18/h4-11,18H,2-3,12-13H2,1H3,(H,22,24)(H,23,25)/t18-/m0/s1. The lowest BCUT2D eigenvalue weighted by Gasteiger charge is -2.11. The van der Waals surface area contributed by atoms with E-state index in [4.69, 9.17) is 4.74 Å². The van der Waals surface area contributed by atoms with Gasteiger partial charge in [-0.1, -0.05) is 0 Å². The zero-order valence-electron chi connectivity index (χ0n) is 15.6. The molecule has 1 saturated heterocycles. The molecule has 2 aromatic carbocycles. The zero-order valence-corrected chi connectivity index (χ0v) is 15.6. The molecule has 0 aliphatic carbocycles. The SMILES string of the molecule is COC(=O)c1ccc(C(=O)Nc2ccc(C(=O)NC[C@@H]3CCCO3)cc2)cc1. The molecule has 0 saturated carbocycles. The van der Waals surface area contributed by atoms with Crippen molar-refractivity contribution in [3.63, 3.8) is 0 Å². The van der Waals surface area contributed by atoms with Crippen LogP contribution >= 0.6 is 0 Å². The number of carbonyl (C=O) groups excluding carboxylic acids is 3. The number of esters is 1. The lowest BCUT2D eigenvalue weighted by Crippen LogP contribution is -2.31. The van der Waals surface area contributed by atoms with Gasteiger partial charge in [-0.15, -0.1) is 0 Å². The maximum Gasteiger partial charge on any atom is 0.337 e. The fourth-order valence-electron chi connectivity index (χ4n) is 2.90. The Bertz CT molecular complexity index is 840. The average Bonchev–Trinajstić information content (AvgIpc) is 3.25. The summed E-state index contributed by atoms with van der Waals surface area (Å²) < 4.78 is 10.1. The van der Waals surface area contributed by atoms with Gasteiger partial charge in [0.15, 0.2) is 0 Å². The molecule has 2 amide bonds. The highest BCUT2D eigenvalue weighted by Crippen LogP contribution is 2.14. The molecule has 2 N–H and O–H groups in total. The van der Waals surface area contributed by atoms with Crippen LogP contribution in [0.4, 0.5) is 5.69 Å². The molecular formula is C21H22N2O5. The van der Waals surface area contributed by atoms with Crippen LogP contribution in [-0.2, 0) is 9.47 Å². The average molecular weight is 382 g/mol. The molecule has 2 aromatic rings. The fraction of sp³-hybridized carbons (Fsp3) is 0.286. The van der Waals surface area contributed by atoms with Crippen LogP contribution in [0.3, 0.4) is 0 Å². The maximum atomic E-state index is 12.3. The number of carbonyl (C=O) groups is 3. The van der Waals surface area contributed by atoms with Crippen molar-refractivity contribution in [2.45, 2.75) is 18.9 Å². The molecule has 0 unspecified atom stereocenters. The summed E-state index contributed by atoms with van der Waals surface area (Å²) in [6.45, 7) is 1.25. The highest BCUT2D eigenvalue weighted by atomic mass is 16.5. The molecular weight excluding hydrogens is 360 g/mol. The summed E-state index contributed by atoms with van der Waals surface area (Å²) in [5.74, 6) is -0.945. The van der Waals surface area contributed by atoms with Crippen molar-refractivity contribution >= 4 is 23.5 Å². The Labute approximate surface area is 163 Å². The second-order valence-corrected chi connectivity index (χ2v) is 6.45. The van der Waals surface area contributed by atoms with Crippen molar-refractivity contribution in [2.24, 2.45) is 0 Å². The van der Waals surface area contributed by atoms with Gasteiger partial charge >= 0.3 is 5.97 Å². The first-order valence-electron chi connectivity index (χ1n) is 9.06. The van der Waals surface area contributed by atoms with Crippen LogP contribution in [0, 0.1) is 0 Å². The Morgan fingerprint density at radius 2 is 1.57 bits per heavy atom. The number of hydrogen-bond donors (Lipinski definition) is 2. The highest BCUT2D eigenvalue weighted by Gasteiger charge is 2.16. The summed E-state index contributed by atoms with van der Waals surface area (Å²) in [6, 6.07) is 12.8. The molecule has 7 nitrogen and oxygen atoms in total. The number of nitrogens with one attached hydrogen (secondary N) is 2. The minimum absolute atomic E-state index is 0.0908. The molecule has 0 spiro atoms. The molecule has 3 rings (SSSR count). The van der Waals surface area contributed by atoms with E-state index in [-0.39, 0.29) is 17.9 Å². The molecule has 1 atom stereocenters. The molecule has 1 fully saturated rings. The van der Waals surface area contributed by atoms with E-state index in [0.717, 1.165) is 19.4 Å². The van der Waals surface area contributed by atoms with Crippen LogP contribution in [0.2, 0.25) is 0 Å². The Morgan fingerprint density at radius 1 is 0.964 bits per heavy atom. The number of benzene rings is 2. The van der Waals surface area contributed by atoms with E-state index in [2.05, 4.69) is 15.4 Å². The normalized spacial score (nSPS) is 15.7. The van der Waals surface area contributed by atoms with Gasteiger partial charge in [0.1, 0.15) is 0 Å². The quantitative estimate of drug-likeness (QED) is 0.749. The number of methoxy groups -OCH3 is 1. The zero-order chi connectivity index (χ0) is 19.9. The van der Waals surface area contributed by atoms with Crippen LogP contribution in [0.5, 0.6) is 0 Å². The number of ether oxygens (including phenoxy) is 2. The maximum absolute atomic E-state index is 12.3. The smallest absolute Gasteiger partial charge is 0.337 e. The first-order valence-corrected chi connectivity index (χ1v) is 9.06. The first kappa shape index (κ1) is 19.6. The minimum atomic E-state index is -0.458. The molecule has 28 heavy (non-hydrogen) atoms. The van der Waals surface area contributed by atoms with E-state index in [9.17, 15) is 14.4 Å². The third-order valence-corrected chi connectivity index (χ3v) is 4.49. The van der Waals surface area contributed by atoms with Crippen LogP contribution in [0.15, 0.2) is 48.5 Å².